The lowest BCUT2D eigenvalue weighted by atomic mass is 10.3. The number of hydrogen-bond acceptors (Lipinski definition) is 8. The smallest absolute Gasteiger partial charge is 0.242 e. The molecule has 0 aliphatic rings. The number of nitrogens with zero attached hydrogens (tertiary/aromatic N) is 3. The molecule has 1 amide bonds. The first kappa shape index (κ1) is 20.4. The molecule has 2 aromatic rings. The summed E-state index contributed by atoms with van der Waals surface area (Å²) in [5, 5.41) is 14.4. The Morgan fingerprint density at radius 2 is 2.00 bits per heavy atom. The molecule has 0 unspecified atom stereocenters. The highest BCUT2D eigenvalue weighted by Crippen LogP contribution is 2.25. The van der Waals surface area contributed by atoms with Gasteiger partial charge in [-0.25, -0.2) is 12.7 Å². The number of nitrogens with one attached hydrogen (secondary N) is 2. The van der Waals surface area contributed by atoms with Crippen LogP contribution >= 0.6 is 23.1 Å². The molecule has 0 fully saturated rings. The first-order valence-corrected chi connectivity index (χ1v) is 10.7. The van der Waals surface area contributed by atoms with Crippen molar-refractivity contribution < 1.29 is 13.2 Å². The van der Waals surface area contributed by atoms with Crippen LogP contribution in [-0.2, 0) is 14.8 Å². The molecule has 0 saturated carbocycles. The predicted molar refractivity (Wildman–Crippen MR) is 105 cm³/mol. The zero-order valence-electron chi connectivity index (χ0n) is 14.3. The number of hydrogen-bond donors (Lipinski definition) is 2. The van der Waals surface area contributed by atoms with Gasteiger partial charge in [0.25, 0.3) is 0 Å². The van der Waals surface area contributed by atoms with Gasteiger partial charge in [0.1, 0.15) is 0 Å². The minimum Gasteiger partial charge on any atom is -0.357 e. The topological polar surface area (TPSA) is 104 Å². The van der Waals surface area contributed by atoms with Crippen LogP contribution in [0.5, 0.6) is 0 Å². The third-order valence-electron chi connectivity index (χ3n) is 3.05. The molecule has 0 saturated heterocycles. The molecule has 140 valence electrons. The van der Waals surface area contributed by atoms with Crippen molar-refractivity contribution in [1.29, 1.82) is 0 Å². The maximum absolute atomic E-state index is 12.0. The lowest BCUT2D eigenvalue weighted by molar-refractivity contribution is -0.113. The zero-order valence-corrected chi connectivity index (χ0v) is 16.7. The zero-order chi connectivity index (χ0) is 19.2. The van der Waals surface area contributed by atoms with E-state index in [0.717, 1.165) is 4.31 Å². The minimum absolute atomic E-state index is 0.170. The van der Waals surface area contributed by atoms with E-state index in [2.05, 4.69) is 27.4 Å². The molecule has 2 rings (SSSR count). The maximum atomic E-state index is 12.0. The summed E-state index contributed by atoms with van der Waals surface area (Å²) >= 11 is 2.64. The van der Waals surface area contributed by atoms with E-state index in [-0.39, 0.29) is 16.6 Å². The molecular formula is C15H19N5O3S3. The van der Waals surface area contributed by atoms with Crippen molar-refractivity contribution in [3.8, 4) is 0 Å². The summed E-state index contributed by atoms with van der Waals surface area (Å²) < 4.78 is 25.8. The molecule has 1 aromatic heterocycles. The van der Waals surface area contributed by atoms with Crippen LogP contribution in [0.4, 0.5) is 10.8 Å². The number of thioether (sulfide) groups is 1. The largest absolute Gasteiger partial charge is 0.357 e. The maximum Gasteiger partial charge on any atom is 0.242 e. The molecule has 0 aliphatic heterocycles. The summed E-state index contributed by atoms with van der Waals surface area (Å²) in [5.74, 6) is -0.0394. The van der Waals surface area contributed by atoms with Crippen LogP contribution < -0.4 is 10.6 Å². The molecule has 0 aliphatic carbocycles. The van der Waals surface area contributed by atoms with Crippen LogP contribution in [-0.4, -0.2) is 55.2 Å². The SMILES string of the molecule is C=CCNc1nnc(SCC(=O)Nc2ccc(S(=O)(=O)N(C)C)cc2)s1. The van der Waals surface area contributed by atoms with E-state index >= 15 is 0 Å². The highest BCUT2D eigenvalue weighted by atomic mass is 32.2. The Balaban J connectivity index is 1.88. The first-order valence-electron chi connectivity index (χ1n) is 7.46. The number of aromatic nitrogens is 2. The Labute approximate surface area is 160 Å². The first-order chi connectivity index (χ1) is 12.3. The normalized spacial score (nSPS) is 11.3. The third-order valence-corrected chi connectivity index (χ3v) is 6.89. The van der Waals surface area contributed by atoms with Crippen molar-refractivity contribution in [2.75, 3.05) is 37.0 Å². The standard InChI is InChI=1S/C15H19N5O3S3/c1-4-9-16-14-18-19-15(25-14)24-10-13(21)17-11-5-7-12(8-6-11)26(22,23)20(2)3/h4-8H,1,9-10H2,2-3H3,(H,16,18)(H,17,21). The van der Waals surface area contributed by atoms with Gasteiger partial charge in [-0.3, -0.25) is 4.79 Å². The second-order valence-electron chi connectivity index (χ2n) is 5.19. The average Bonchev–Trinajstić information content (AvgIpc) is 3.06. The summed E-state index contributed by atoms with van der Waals surface area (Å²) in [6, 6.07) is 6.03. The monoisotopic (exact) mass is 413 g/mol. The van der Waals surface area contributed by atoms with Gasteiger partial charge in [-0.15, -0.1) is 16.8 Å². The fourth-order valence-electron chi connectivity index (χ4n) is 1.74. The van der Waals surface area contributed by atoms with Gasteiger partial charge in [0.05, 0.1) is 10.6 Å². The Morgan fingerprint density at radius 3 is 2.62 bits per heavy atom. The number of rotatable bonds is 9. The van der Waals surface area contributed by atoms with Gasteiger partial charge in [-0.1, -0.05) is 29.2 Å². The van der Waals surface area contributed by atoms with Crippen LogP contribution in [0.25, 0.3) is 0 Å². The van der Waals surface area contributed by atoms with Crippen molar-refractivity contribution in [2.45, 2.75) is 9.24 Å². The van der Waals surface area contributed by atoms with Crippen molar-refractivity contribution in [2.24, 2.45) is 0 Å². The van der Waals surface area contributed by atoms with Crippen molar-refractivity contribution >= 4 is 49.8 Å². The molecule has 0 atom stereocenters. The van der Waals surface area contributed by atoms with Crippen LogP contribution in [0.1, 0.15) is 0 Å². The van der Waals surface area contributed by atoms with Gasteiger partial charge in [-0.05, 0) is 24.3 Å². The Morgan fingerprint density at radius 1 is 1.31 bits per heavy atom. The number of amides is 1. The summed E-state index contributed by atoms with van der Waals surface area (Å²) in [4.78, 5) is 12.2. The van der Waals surface area contributed by atoms with Gasteiger partial charge in [0, 0.05) is 26.3 Å². The van der Waals surface area contributed by atoms with Gasteiger partial charge in [0.2, 0.25) is 21.1 Å². The van der Waals surface area contributed by atoms with Crippen LogP contribution in [0.2, 0.25) is 0 Å². The van der Waals surface area contributed by atoms with E-state index in [1.54, 1.807) is 18.2 Å². The number of carbonyl (C=O) groups excluding carboxylic acids is 1. The predicted octanol–water partition coefficient (Wildman–Crippen LogP) is 2.12. The van der Waals surface area contributed by atoms with Crippen molar-refractivity contribution in [3.63, 3.8) is 0 Å². The Bertz CT molecular complexity index is 863. The quantitative estimate of drug-likeness (QED) is 0.479. The van der Waals surface area contributed by atoms with Crippen LogP contribution in [0.3, 0.4) is 0 Å². The van der Waals surface area contributed by atoms with E-state index in [1.807, 2.05) is 0 Å². The lowest BCUT2D eigenvalue weighted by Crippen LogP contribution is -2.22. The molecule has 0 radical (unpaired) electrons. The second kappa shape index (κ2) is 9.12. The van der Waals surface area contributed by atoms with Gasteiger partial charge in [0.15, 0.2) is 4.34 Å². The lowest BCUT2D eigenvalue weighted by Gasteiger charge is -2.11. The molecule has 8 nitrogen and oxygen atoms in total. The Hall–Kier alpha value is -1.95. The number of carbonyl (C=O) groups is 1. The Kier molecular flexibility index (Phi) is 7.14. The van der Waals surface area contributed by atoms with Crippen LogP contribution in [0, 0.1) is 0 Å². The van der Waals surface area contributed by atoms with Crippen LogP contribution in [0.15, 0.2) is 46.2 Å². The molecule has 0 spiro atoms. The van der Waals surface area contributed by atoms with E-state index in [9.17, 15) is 13.2 Å². The summed E-state index contributed by atoms with van der Waals surface area (Å²) in [6.07, 6.45) is 1.72. The number of benzene rings is 1. The number of sulfonamides is 1. The highest BCUT2D eigenvalue weighted by molar-refractivity contribution is 8.01. The molecular weight excluding hydrogens is 394 g/mol. The third kappa shape index (κ3) is 5.53. The summed E-state index contributed by atoms with van der Waals surface area (Å²) in [7, 11) is -0.550. The molecule has 2 N–H and O–H groups in total. The minimum atomic E-state index is -3.48. The van der Waals surface area contributed by atoms with Gasteiger partial charge in [-0.2, -0.15) is 0 Å². The van der Waals surface area contributed by atoms with E-state index < -0.39 is 10.0 Å². The molecule has 0 bridgehead atoms. The average molecular weight is 414 g/mol. The number of anilines is 2. The molecule has 1 aromatic carbocycles. The van der Waals surface area contributed by atoms with E-state index in [0.29, 0.717) is 21.7 Å². The molecule has 11 heteroatoms. The fourth-order valence-corrected chi connectivity index (χ4v) is 4.20. The highest BCUT2D eigenvalue weighted by Gasteiger charge is 2.16. The summed E-state index contributed by atoms with van der Waals surface area (Å²) in [6.45, 7) is 4.21. The summed E-state index contributed by atoms with van der Waals surface area (Å²) in [5.41, 5.74) is 0.527. The molecule has 26 heavy (non-hydrogen) atoms. The van der Waals surface area contributed by atoms with E-state index in [4.69, 9.17) is 0 Å². The molecule has 1 heterocycles. The van der Waals surface area contributed by atoms with Gasteiger partial charge >= 0.3 is 0 Å². The fraction of sp³-hybridized carbons (Fsp3) is 0.267. The van der Waals surface area contributed by atoms with Crippen molar-refractivity contribution in [3.05, 3.63) is 36.9 Å². The van der Waals surface area contributed by atoms with Gasteiger partial charge < -0.3 is 10.6 Å². The van der Waals surface area contributed by atoms with E-state index in [1.165, 1.54) is 49.3 Å². The van der Waals surface area contributed by atoms with Crippen molar-refractivity contribution in [1.82, 2.24) is 14.5 Å². The second-order valence-corrected chi connectivity index (χ2v) is 9.54.